The lowest BCUT2D eigenvalue weighted by atomic mass is 9.50. The van der Waals surface area contributed by atoms with Gasteiger partial charge in [-0.1, -0.05) is 50.0 Å². The maximum Gasteiger partial charge on any atom is 0.323 e. The van der Waals surface area contributed by atoms with E-state index in [9.17, 15) is 4.79 Å². The van der Waals surface area contributed by atoms with Gasteiger partial charge in [-0.15, -0.1) is 0 Å². The summed E-state index contributed by atoms with van der Waals surface area (Å²) in [6.07, 6.45) is 11.7. The predicted molar refractivity (Wildman–Crippen MR) is 89.3 cm³/mol. The first kappa shape index (κ1) is 13.6. The molecular weight excluding hydrogens is 381 g/mol. The minimum absolute atomic E-state index is 0.0183. The molecule has 2 aliphatic heterocycles. The molecule has 0 saturated carbocycles. The highest BCUT2D eigenvalue weighted by molar-refractivity contribution is 9.11. The monoisotopic (exact) mass is 389 g/mol. The van der Waals surface area contributed by atoms with Crippen molar-refractivity contribution in [3.05, 3.63) is 80.9 Å². The molecule has 0 fully saturated rings. The van der Waals surface area contributed by atoms with Crippen molar-refractivity contribution >= 4 is 44.5 Å². The Kier molecular flexibility index (Phi) is 3.81. The van der Waals surface area contributed by atoms with Gasteiger partial charge in [0, 0.05) is 14.5 Å². The van der Waals surface area contributed by atoms with Crippen LogP contribution < -0.4 is 0 Å². The molecule has 0 spiro atoms. The molecule has 0 aromatic heterocycles. The Morgan fingerprint density at radius 2 is 1.70 bits per heavy atom. The van der Waals surface area contributed by atoms with E-state index in [1.165, 1.54) is 0 Å². The number of ketones is 1. The van der Waals surface area contributed by atoms with Crippen molar-refractivity contribution < 1.29 is 4.79 Å². The number of Topliss-reactive ketones (excluding diaryl/α,β-unsaturated/α-hetero) is 1. The Labute approximate surface area is 134 Å². The topological polar surface area (TPSA) is 20.3 Å². The van der Waals surface area contributed by atoms with Crippen LogP contribution in [0, 0.1) is 0 Å². The predicted octanol–water partition coefficient (Wildman–Crippen LogP) is 4.30. The van der Waals surface area contributed by atoms with E-state index in [1.54, 1.807) is 0 Å². The number of carbonyl (C=O) groups is 1. The summed E-state index contributed by atoms with van der Waals surface area (Å²) < 4.78 is 1.77. The zero-order valence-electron chi connectivity index (χ0n) is 10.5. The van der Waals surface area contributed by atoms with E-state index < -0.39 is 0 Å². The standard InChI is InChI=1S/C15H10BBr2NO/c17-12-8-11(9-13(18)10-12)15(20)14-4-3-7-19-6-2-1-5-16(14)19/h1-10H. The van der Waals surface area contributed by atoms with Crippen molar-refractivity contribution in [3.8, 4) is 0 Å². The van der Waals surface area contributed by atoms with Crippen molar-refractivity contribution in [1.82, 2.24) is 4.81 Å². The molecule has 0 bridgehead atoms. The Bertz CT molecular complexity index is 671. The molecule has 1 aromatic carbocycles. The Balaban J connectivity index is 1.97. The second-order valence-electron chi connectivity index (χ2n) is 4.57. The molecule has 0 radical (unpaired) electrons. The number of fused-ring (bicyclic) bond motifs is 1. The summed E-state index contributed by atoms with van der Waals surface area (Å²) in [5, 5.41) is 0. The first-order valence-electron chi connectivity index (χ1n) is 6.17. The number of nitrogens with zero attached hydrogens (tertiary/aromatic N) is 1. The number of rotatable bonds is 2. The van der Waals surface area contributed by atoms with Crippen LogP contribution in [0.2, 0.25) is 0 Å². The lowest BCUT2D eigenvalue weighted by Crippen LogP contribution is -2.37. The average molecular weight is 391 g/mol. The Morgan fingerprint density at radius 3 is 2.45 bits per heavy atom. The lowest BCUT2D eigenvalue weighted by Gasteiger charge is -2.28. The molecule has 5 heteroatoms. The fourth-order valence-electron chi connectivity index (χ4n) is 2.32. The second kappa shape index (κ2) is 5.58. The molecule has 0 unspecified atom stereocenters. The number of halogens is 2. The number of benzene rings is 1. The summed E-state index contributed by atoms with van der Waals surface area (Å²) in [5.74, 6) is 2.08. The van der Waals surface area contributed by atoms with Gasteiger partial charge in [0.1, 0.15) is 0 Å². The molecule has 3 rings (SSSR count). The van der Waals surface area contributed by atoms with E-state index in [2.05, 4.69) is 31.9 Å². The number of carbonyl (C=O) groups excluding carboxylic acids is 1. The van der Waals surface area contributed by atoms with Crippen molar-refractivity contribution in [1.29, 1.82) is 0 Å². The molecule has 0 aliphatic carbocycles. The number of hydrogen-bond acceptors (Lipinski definition) is 2. The van der Waals surface area contributed by atoms with Crippen molar-refractivity contribution in [2.45, 2.75) is 0 Å². The van der Waals surface area contributed by atoms with Crippen molar-refractivity contribution in [3.63, 3.8) is 0 Å². The van der Waals surface area contributed by atoms with E-state index in [-0.39, 0.29) is 12.6 Å². The summed E-state index contributed by atoms with van der Waals surface area (Å²) in [6.45, 7) is -0.0183. The highest BCUT2D eigenvalue weighted by Crippen LogP contribution is 2.25. The smallest absolute Gasteiger partial charge is 0.323 e. The second-order valence-corrected chi connectivity index (χ2v) is 6.40. The van der Waals surface area contributed by atoms with E-state index in [4.69, 9.17) is 0 Å². The summed E-state index contributed by atoms with van der Waals surface area (Å²) in [6, 6.07) is 5.61. The minimum Gasteiger partial charge on any atom is -0.389 e. The van der Waals surface area contributed by atoms with E-state index in [0.717, 1.165) is 14.4 Å². The van der Waals surface area contributed by atoms with Crippen LogP contribution in [0.15, 0.2) is 75.3 Å². The van der Waals surface area contributed by atoms with E-state index in [1.807, 2.05) is 65.7 Å². The van der Waals surface area contributed by atoms with Gasteiger partial charge < -0.3 is 4.81 Å². The van der Waals surface area contributed by atoms with E-state index in [0.29, 0.717) is 5.56 Å². The fraction of sp³-hybridized carbons (Fsp3) is 0. The molecule has 20 heavy (non-hydrogen) atoms. The van der Waals surface area contributed by atoms with Gasteiger partial charge in [0.15, 0.2) is 5.78 Å². The third kappa shape index (κ3) is 2.60. The molecule has 98 valence electrons. The van der Waals surface area contributed by atoms with Crippen LogP contribution in [0.1, 0.15) is 10.4 Å². The Hall–Kier alpha value is -1.33. The highest BCUT2D eigenvalue weighted by atomic mass is 79.9. The van der Waals surface area contributed by atoms with Crippen molar-refractivity contribution in [2.24, 2.45) is 0 Å². The van der Waals surface area contributed by atoms with Crippen LogP contribution in [0.25, 0.3) is 0 Å². The lowest BCUT2D eigenvalue weighted by molar-refractivity contribution is 0.104. The average Bonchev–Trinajstić information content (AvgIpc) is 2.45. The first-order valence-corrected chi connectivity index (χ1v) is 7.75. The summed E-state index contributed by atoms with van der Waals surface area (Å²) in [7, 11) is 0. The van der Waals surface area contributed by atoms with Crippen LogP contribution in [0.3, 0.4) is 0 Å². The van der Waals surface area contributed by atoms with Crippen LogP contribution in [0.5, 0.6) is 0 Å². The zero-order chi connectivity index (χ0) is 14.1. The summed E-state index contributed by atoms with van der Waals surface area (Å²) in [5.41, 5.74) is 1.45. The third-order valence-electron chi connectivity index (χ3n) is 3.22. The van der Waals surface area contributed by atoms with Gasteiger partial charge in [0.2, 0.25) is 0 Å². The molecule has 2 heterocycles. The fourth-order valence-corrected chi connectivity index (χ4v) is 3.62. The SMILES string of the molecule is O=C(C1=CC=CN2C=CC=CB12)c1cc(Br)cc(Br)c1. The largest absolute Gasteiger partial charge is 0.389 e. The normalized spacial score (nSPS) is 16.2. The van der Waals surface area contributed by atoms with Crippen LogP contribution in [0.4, 0.5) is 0 Å². The Morgan fingerprint density at radius 1 is 1.00 bits per heavy atom. The maximum atomic E-state index is 12.7. The van der Waals surface area contributed by atoms with Gasteiger partial charge in [-0.05, 0) is 48.2 Å². The van der Waals surface area contributed by atoms with Crippen LogP contribution in [-0.2, 0) is 0 Å². The molecule has 0 saturated heterocycles. The number of hydrogen-bond donors (Lipinski definition) is 0. The van der Waals surface area contributed by atoms with Crippen LogP contribution in [-0.4, -0.2) is 17.4 Å². The van der Waals surface area contributed by atoms with Gasteiger partial charge >= 0.3 is 6.85 Å². The quantitative estimate of drug-likeness (QED) is 0.554. The van der Waals surface area contributed by atoms with Crippen LogP contribution >= 0.6 is 31.9 Å². The first-order chi connectivity index (χ1) is 9.65. The molecule has 0 atom stereocenters. The highest BCUT2D eigenvalue weighted by Gasteiger charge is 2.30. The van der Waals surface area contributed by atoms with Gasteiger partial charge in [0.25, 0.3) is 0 Å². The van der Waals surface area contributed by atoms with Gasteiger partial charge in [-0.2, -0.15) is 0 Å². The van der Waals surface area contributed by atoms with Gasteiger partial charge in [-0.25, -0.2) is 0 Å². The van der Waals surface area contributed by atoms with Gasteiger partial charge in [0.05, 0.1) is 0 Å². The summed E-state index contributed by atoms with van der Waals surface area (Å²) in [4.78, 5) is 14.8. The molecule has 0 amide bonds. The maximum absolute atomic E-state index is 12.7. The molecule has 2 aliphatic rings. The minimum atomic E-state index is -0.0183. The summed E-state index contributed by atoms with van der Waals surface area (Å²) >= 11 is 6.85. The zero-order valence-corrected chi connectivity index (χ0v) is 13.6. The van der Waals surface area contributed by atoms with Crippen molar-refractivity contribution in [2.75, 3.05) is 0 Å². The molecule has 2 nitrogen and oxygen atoms in total. The molecule has 0 N–H and O–H groups in total. The van der Waals surface area contributed by atoms with Gasteiger partial charge in [-0.3, -0.25) is 4.79 Å². The third-order valence-corrected chi connectivity index (χ3v) is 4.14. The molecule has 1 aromatic rings. The molecular formula is C15H10BBr2NO. The van der Waals surface area contributed by atoms with E-state index >= 15 is 0 Å². The number of allylic oxidation sites excluding steroid dienone is 5.